The maximum atomic E-state index is 11.9. The Morgan fingerprint density at radius 1 is 0.957 bits per heavy atom. The summed E-state index contributed by atoms with van der Waals surface area (Å²) in [4.78, 5) is 11.9. The molecule has 0 aliphatic heterocycles. The summed E-state index contributed by atoms with van der Waals surface area (Å²) in [6.07, 6.45) is 0. The van der Waals surface area contributed by atoms with Crippen molar-refractivity contribution in [1.29, 1.82) is 0 Å². The summed E-state index contributed by atoms with van der Waals surface area (Å²) in [6, 6.07) is 21.3. The highest BCUT2D eigenvalue weighted by Crippen LogP contribution is 2.20. The first-order chi connectivity index (χ1) is 11.2. The zero-order chi connectivity index (χ0) is 16.1. The summed E-state index contributed by atoms with van der Waals surface area (Å²) >= 11 is 3.36. The van der Waals surface area contributed by atoms with Crippen LogP contribution in [0.5, 0.6) is 5.75 Å². The first-order valence-corrected chi connectivity index (χ1v) is 8.02. The monoisotopic (exact) mass is 370 g/mol. The van der Waals surface area contributed by atoms with Crippen molar-refractivity contribution in [3.05, 3.63) is 76.8 Å². The number of fused-ring (bicyclic) bond motifs is 1. The summed E-state index contributed by atoms with van der Waals surface area (Å²) < 4.78 is 11.6. The molecule has 0 fully saturated rings. The first kappa shape index (κ1) is 15.6. The lowest BCUT2D eigenvalue weighted by Crippen LogP contribution is -2.14. The Morgan fingerprint density at radius 2 is 1.74 bits per heavy atom. The lowest BCUT2D eigenvalue weighted by Gasteiger charge is -2.09. The van der Waals surface area contributed by atoms with Gasteiger partial charge in [-0.15, -0.1) is 0 Å². The van der Waals surface area contributed by atoms with Crippen molar-refractivity contribution in [2.45, 2.75) is 6.61 Å². The molecule has 0 heterocycles. The Balaban J connectivity index is 1.58. The van der Waals surface area contributed by atoms with Gasteiger partial charge >= 0.3 is 5.97 Å². The zero-order valence-electron chi connectivity index (χ0n) is 12.4. The van der Waals surface area contributed by atoms with Gasteiger partial charge in [0.1, 0.15) is 12.4 Å². The number of esters is 1. The van der Waals surface area contributed by atoms with Gasteiger partial charge in [0.05, 0.1) is 0 Å². The summed E-state index contributed by atoms with van der Waals surface area (Å²) in [5, 5.41) is 2.22. The lowest BCUT2D eigenvalue weighted by atomic mass is 10.1. The van der Waals surface area contributed by atoms with Crippen LogP contribution in [0.15, 0.2) is 71.2 Å². The van der Waals surface area contributed by atoms with Gasteiger partial charge in [-0.2, -0.15) is 0 Å². The van der Waals surface area contributed by atoms with Gasteiger partial charge < -0.3 is 9.47 Å². The second-order valence-corrected chi connectivity index (χ2v) is 5.96. The molecule has 0 amide bonds. The van der Waals surface area contributed by atoms with Gasteiger partial charge in [0.2, 0.25) is 0 Å². The van der Waals surface area contributed by atoms with E-state index in [1.807, 2.05) is 54.6 Å². The third-order valence-electron chi connectivity index (χ3n) is 3.42. The van der Waals surface area contributed by atoms with Crippen LogP contribution in [0.25, 0.3) is 10.8 Å². The minimum absolute atomic E-state index is 0.110. The molecule has 0 atom stereocenters. The number of hydrogen-bond donors (Lipinski definition) is 0. The second-order valence-electron chi connectivity index (χ2n) is 5.05. The molecule has 0 saturated heterocycles. The van der Waals surface area contributed by atoms with Crippen LogP contribution in [0.4, 0.5) is 0 Å². The van der Waals surface area contributed by atoms with Crippen molar-refractivity contribution in [1.82, 2.24) is 0 Å². The summed E-state index contributed by atoms with van der Waals surface area (Å²) in [5.41, 5.74) is 0.985. The Hall–Kier alpha value is -2.33. The van der Waals surface area contributed by atoms with E-state index in [2.05, 4.69) is 15.9 Å². The minimum atomic E-state index is -0.391. The molecule has 0 radical (unpaired) electrons. The molecule has 0 saturated carbocycles. The SMILES string of the molecule is O=C(COc1cccc(Br)c1)OCc1cccc2ccccc12. The van der Waals surface area contributed by atoms with Crippen LogP contribution >= 0.6 is 15.9 Å². The summed E-state index contributed by atoms with van der Waals surface area (Å²) in [5.74, 6) is 0.236. The Bertz CT molecular complexity index is 824. The third kappa shape index (κ3) is 4.11. The van der Waals surface area contributed by atoms with Crippen molar-refractivity contribution in [2.75, 3.05) is 6.61 Å². The third-order valence-corrected chi connectivity index (χ3v) is 3.91. The molecule has 23 heavy (non-hydrogen) atoms. The van der Waals surface area contributed by atoms with Crippen LogP contribution in [0.1, 0.15) is 5.56 Å². The van der Waals surface area contributed by atoms with Crippen molar-refractivity contribution in [3.8, 4) is 5.75 Å². The standard InChI is InChI=1S/C19H15BrO3/c20-16-8-4-9-17(11-16)22-13-19(21)23-12-15-7-3-6-14-5-1-2-10-18(14)15/h1-11H,12-13H2. The van der Waals surface area contributed by atoms with Crippen LogP contribution < -0.4 is 4.74 Å². The van der Waals surface area contributed by atoms with E-state index in [0.717, 1.165) is 20.8 Å². The van der Waals surface area contributed by atoms with Crippen molar-refractivity contribution < 1.29 is 14.3 Å². The topological polar surface area (TPSA) is 35.5 Å². The quantitative estimate of drug-likeness (QED) is 0.609. The predicted molar refractivity (Wildman–Crippen MR) is 93.4 cm³/mol. The number of benzene rings is 3. The van der Waals surface area contributed by atoms with Crippen molar-refractivity contribution in [2.24, 2.45) is 0 Å². The molecule has 3 rings (SSSR count). The van der Waals surface area contributed by atoms with Crippen LogP contribution in [-0.4, -0.2) is 12.6 Å². The van der Waals surface area contributed by atoms with Crippen LogP contribution in [0.2, 0.25) is 0 Å². The zero-order valence-corrected chi connectivity index (χ0v) is 14.0. The molecule has 116 valence electrons. The molecule has 0 spiro atoms. The fourth-order valence-electron chi connectivity index (χ4n) is 2.32. The molecule has 0 N–H and O–H groups in total. The molecule has 0 bridgehead atoms. The van der Waals surface area contributed by atoms with Gasteiger partial charge in [-0.3, -0.25) is 0 Å². The van der Waals surface area contributed by atoms with E-state index in [1.54, 1.807) is 12.1 Å². The van der Waals surface area contributed by atoms with E-state index < -0.39 is 5.97 Å². The molecule has 0 aromatic heterocycles. The highest BCUT2D eigenvalue weighted by atomic mass is 79.9. The average Bonchev–Trinajstić information content (AvgIpc) is 2.58. The fraction of sp³-hybridized carbons (Fsp3) is 0.105. The van der Waals surface area contributed by atoms with E-state index in [-0.39, 0.29) is 13.2 Å². The number of carbonyl (C=O) groups excluding carboxylic acids is 1. The minimum Gasteiger partial charge on any atom is -0.482 e. The molecule has 0 aliphatic carbocycles. The van der Waals surface area contributed by atoms with Crippen LogP contribution in [0, 0.1) is 0 Å². The molecule has 0 unspecified atom stereocenters. The molecule has 0 aliphatic rings. The molecule has 3 aromatic carbocycles. The van der Waals surface area contributed by atoms with Gasteiger partial charge in [0.25, 0.3) is 0 Å². The molecule has 4 heteroatoms. The van der Waals surface area contributed by atoms with Crippen LogP contribution in [-0.2, 0) is 16.1 Å². The second kappa shape index (κ2) is 7.29. The highest BCUT2D eigenvalue weighted by Gasteiger charge is 2.07. The first-order valence-electron chi connectivity index (χ1n) is 7.23. The maximum absolute atomic E-state index is 11.9. The fourth-order valence-corrected chi connectivity index (χ4v) is 2.70. The molecular weight excluding hydrogens is 356 g/mol. The molecule has 3 aromatic rings. The van der Waals surface area contributed by atoms with Crippen molar-refractivity contribution in [3.63, 3.8) is 0 Å². The average molecular weight is 371 g/mol. The van der Waals surface area contributed by atoms with E-state index in [1.165, 1.54) is 0 Å². The largest absolute Gasteiger partial charge is 0.482 e. The number of carbonyl (C=O) groups is 1. The molecule has 3 nitrogen and oxygen atoms in total. The number of halogens is 1. The van der Waals surface area contributed by atoms with E-state index in [9.17, 15) is 4.79 Å². The maximum Gasteiger partial charge on any atom is 0.344 e. The van der Waals surface area contributed by atoms with Gasteiger partial charge in [0.15, 0.2) is 6.61 Å². The van der Waals surface area contributed by atoms with Gasteiger partial charge in [0, 0.05) is 4.47 Å². The Labute approximate surface area is 143 Å². The number of hydrogen-bond acceptors (Lipinski definition) is 3. The highest BCUT2D eigenvalue weighted by molar-refractivity contribution is 9.10. The van der Waals surface area contributed by atoms with Gasteiger partial charge in [-0.05, 0) is 34.5 Å². The number of rotatable bonds is 5. The van der Waals surface area contributed by atoms with Crippen LogP contribution in [0.3, 0.4) is 0 Å². The van der Waals surface area contributed by atoms with E-state index in [4.69, 9.17) is 9.47 Å². The van der Waals surface area contributed by atoms with E-state index >= 15 is 0 Å². The normalized spacial score (nSPS) is 10.5. The smallest absolute Gasteiger partial charge is 0.344 e. The number of ether oxygens (including phenoxy) is 2. The van der Waals surface area contributed by atoms with Gasteiger partial charge in [-0.1, -0.05) is 64.5 Å². The molecular formula is C19H15BrO3. The summed E-state index contributed by atoms with van der Waals surface area (Å²) in [7, 11) is 0. The predicted octanol–water partition coefficient (Wildman–Crippen LogP) is 4.72. The Morgan fingerprint density at radius 3 is 2.61 bits per heavy atom. The van der Waals surface area contributed by atoms with Gasteiger partial charge in [-0.25, -0.2) is 4.79 Å². The lowest BCUT2D eigenvalue weighted by molar-refractivity contribution is -0.147. The summed E-state index contributed by atoms with van der Waals surface area (Å²) in [6.45, 7) is 0.128. The Kier molecular flexibility index (Phi) is 4.93. The van der Waals surface area contributed by atoms with Crippen molar-refractivity contribution >= 4 is 32.7 Å². The van der Waals surface area contributed by atoms with E-state index in [0.29, 0.717) is 5.75 Å².